The highest BCUT2D eigenvalue weighted by atomic mass is 16.3. The Morgan fingerprint density at radius 2 is 2.23 bits per heavy atom. The van der Waals surface area contributed by atoms with Crippen LogP contribution in [0.15, 0.2) is 0 Å². The van der Waals surface area contributed by atoms with E-state index in [2.05, 4.69) is 6.92 Å². The molecule has 0 bridgehead atoms. The second-order valence-corrected chi connectivity index (χ2v) is 3.59. The van der Waals surface area contributed by atoms with Crippen molar-refractivity contribution >= 4 is 5.91 Å². The van der Waals surface area contributed by atoms with Crippen molar-refractivity contribution in [3.63, 3.8) is 0 Å². The van der Waals surface area contributed by atoms with Crippen LogP contribution in [0.2, 0.25) is 0 Å². The van der Waals surface area contributed by atoms with Crippen molar-refractivity contribution in [2.24, 2.45) is 0 Å². The molecule has 76 valence electrons. The summed E-state index contributed by atoms with van der Waals surface area (Å²) in [5.74, 6) is 0.0469. The van der Waals surface area contributed by atoms with Gasteiger partial charge in [0.25, 0.3) is 0 Å². The molecule has 0 radical (unpaired) electrons. The van der Waals surface area contributed by atoms with Gasteiger partial charge in [0, 0.05) is 19.1 Å². The molecule has 0 aromatic carbocycles. The van der Waals surface area contributed by atoms with Crippen LogP contribution in [0.4, 0.5) is 0 Å². The Morgan fingerprint density at radius 1 is 1.62 bits per heavy atom. The van der Waals surface area contributed by atoms with Crippen molar-refractivity contribution in [2.75, 3.05) is 26.7 Å². The number of carbonyl (C=O) groups is 1. The molecule has 0 spiro atoms. The van der Waals surface area contributed by atoms with E-state index in [4.69, 9.17) is 5.11 Å². The highest BCUT2D eigenvalue weighted by Gasteiger charge is 2.35. The lowest BCUT2D eigenvalue weighted by atomic mass is 10.1. The van der Waals surface area contributed by atoms with Crippen LogP contribution in [-0.2, 0) is 4.79 Å². The van der Waals surface area contributed by atoms with Gasteiger partial charge < -0.3 is 10.0 Å². The standard InChI is InChI=1S/C9H18N2O2/c1-4-11-5-7(2)10(3)8(6-12)9(11)13/h7-8,12H,4-6H2,1-3H3. The average Bonchev–Trinajstić information content (AvgIpc) is 2.12. The average molecular weight is 186 g/mol. The van der Waals surface area contributed by atoms with Crippen molar-refractivity contribution in [1.29, 1.82) is 0 Å². The van der Waals surface area contributed by atoms with E-state index < -0.39 is 0 Å². The SMILES string of the molecule is CCN1CC(C)N(C)C(CO)C1=O. The molecule has 0 aromatic heterocycles. The molecule has 1 fully saturated rings. The maximum atomic E-state index is 11.7. The lowest BCUT2D eigenvalue weighted by Crippen LogP contribution is -2.60. The molecule has 1 rings (SSSR count). The van der Waals surface area contributed by atoms with E-state index in [1.807, 2.05) is 18.9 Å². The number of rotatable bonds is 2. The van der Waals surface area contributed by atoms with E-state index in [-0.39, 0.29) is 18.6 Å². The topological polar surface area (TPSA) is 43.8 Å². The van der Waals surface area contributed by atoms with E-state index in [0.29, 0.717) is 6.04 Å². The van der Waals surface area contributed by atoms with Crippen molar-refractivity contribution in [1.82, 2.24) is 9.80 Å². The molecule has 0 aromatic rings. The Labute approximate surface area is 79.1 Å². The molecule has 1 saturated heterocycles. The summed E-state index contributed by atoms with van der Waals surface area (Å²) in [6.45, 7) is 5.44. The molecule has 1 N–H and O–H groups in total. The van der Waals surface area contributed by atoms with E-state index in [0.717, 1.165) is 13.1 Å². The fourth-order valence-corrected chi connectivity index (χ4v) is 1.72. The van der Waals surface area contributed by atoms with Gasteiger partial charge in [0.2, 0.25) is 5.91 Å². The molecule has 1 aliphatic heterocycles. The van der Waals surface area contributed by atoms with Gasteiger partial charge in [-0.15, -0.1) is 0 Å². The van der Waals surface area contributed by atoms with Crippen LogP contribution in [0.25, 0.3) is 0 Å². The maximum Gasteiger partial charge on any atom is 0.242 e. The summed E-state index contributed by atoms with van der Waals surface area (Å²) >= 11 is 0. The molecule has 0 saturated carbocycles. The third kappa shape index (κ3) is 1.84. The van der Waals surface area contributed by atoms with Gasteiger partial charge >= 0.3 is 0 Å². The van der Waals surface area contributed by atoms with Crippen LogP contribution in [-0.4, -0.2) is 59.6 Å². The molecular formula is C9H18N2O2. The van der Waals surface area contributed by atoms with Crippen LogP contribution < -0.4 is 0 Å². The van der Waals surface area contributed by atoms with Crippen molar-refractivity contribution in [3.8, 4) is 0 Å². The Kier molecular flexibility index (Phi) is 3.27. The Hall–Kier alpha value is -0.610. The number of aliphatic hydroxyl groups excluding tert-OH is 1. The summed E-state index contributed by atoms with van der Waals surface area (Å²) in [5, 5.41) is 9.07. The van der Waals surface area contributed by atoms with Crippen LogP contribution in [0.3, 0.4) is 0 Å². The molecule has 1 amide bonds. The predicted octanol–water partition coefficient (Wildman–Crippen LogP) is -0.470. The molecule has 4 heteroatoms. The first-order valence-electron chi connectivity index (χ1n) is 4.73. The minimum atomic E-state index is -0.344. The Morgan fingerprint density at radius 3 is 2.69 bits per heavy atom. The molecule has 1 heterocycles. The first-order valence-corrected chi connectivity index (χ1v) is 4.73. The summed E-state index contributed by atoms with van der Waals surface area (Å²) in [6, 6.07) is -0.0153. The van der Waals surface area contributed by atoms with Crippen LogP contribution in [0.1, 0.15) is 13.8 Å². The van der Waals surface area contributed by atoms with Crippen LogP contribution in [0, 0.1) is 0 Å². The van der Waals surface area contributed by atoms with Gasteiger partial charge in [0.05, 0.1) is 6.61 Å². The highest BCUT2D eigenvalue weighted by molar-refractivity contribution is 5.82. The van der Waals surface area contributed by atoms with Gasteiger partial charge in [0.15, 0.2) is 0 Å². The normalized spacial score (nSPS) is 31.1. The molecule has 2 atom stereocenters. The lowest BCUT2D eigenvalue weighted by molar-refractivity contribution is -0.145. The summed E-state index contributed by atoms with van der Waals surface area (Å²) < 4.78 is 0. The third-order valence-electron chi connectivity index (χ3n) is 2.82. The zero-order chi connectivity index (χ0) is 10.0. The van der Waals surface area contributed by atoms with E-state index in [1.165, 1.54) is 0 Å². The van der Waals surface area contributed by atoms with E-state index in [9.17, 15) is 4.79 Å². The summed E-state index contributed by atoms with van der Waals surface area (Å²) in [5.41, 5.74) is 0. The van der Waals surface area contributed by atoms with Gasteiger partial charge in [-0.2, -0.15) is 0 Å². The summed E-state index contributed by atoms with van der Waals surface area (Å²) in [7, 11) is 1.89. The lowest BCUT2D eigenvalue weighted by Gasteiger charge is -2.41. The quantitative estimate of drug-likeness (QED) is 0.634. The highest BCUT2D eigenvalue weighted by Crippen LogP contribution is 2.14. The van der Waals surface area contributed by atoms with Crippen molar-refractivity contribution < 1.29 is 9.90 Å². The first-order chi connectivity index (χ1) is 6.11. The molecule has 4 nitrogen and oxygen atoms in total. The molecule has 0 aliphatic carbocycles. The number of piperazine rings is 1. The van der Waals surface area contributed by atoms with Crippen molar-refractivity contribution in [3.05, 3.63) is 0 Å². The largest absolute Gasteiger partial charge is 0.394 e. The van der Waals surface area contributed by atoms with Gasteiger partial charge in [-0.1, -0.05) is 0 Å². The predicted molar refractivity (Wildman–Crippen MR) is 50.4 cm³/mol. The summed E-state index contributed by atoms with van der Waals surface area (Å²) in [4.78, 5) is 15.4. The van der Waals surface area contributed by atoms with Crippen LogP contribution >= 0.6 is 0 Å². The zero-order valence-electron chi connectivity index (χ0n) is 8.53. The number of aliphatic hydroxyl groups is 1. The maximum absolute atomic E-state index is 11.7. The smallest absolute Gasteiger partial charge is 0.242 e. The number of nitrogens with zero attached hydrogens (tertiary/aromatic N) is 2. The zero-order valence-corrected chi connectivity index (χ0v) is 8.53. The third-order valence-corrected chi connectivity index (χ3v) is 2.82. The molecular weight excluding hydrogens is 168 g/mol. The number of likely N-dealkylation sites (N-methyl/N-ethyl adjacent to an activating group) is 2. The van der Waals surface area contributed by atoms with Crippen molar-refractivity contribution in [2.45, 2.75) is 25.9 Å². The second kappa shape index (κ2) is 4.07. The summed E-state index contributed by atoms with van der Waals surface area (Å²) in [6.07, 6.45) is 0. The van der Waals surface area contributed by atoms with Gasteiger partial charge in [0.1, 0.15) is 6.04 Å². The minimum Gasteiger partial charge on any atom is -0.394 e. The molecule has 13 heavy (non-hydrogen) atoms. The monoisotopic (exact) mass is 186 g/mol. The van der Waals surface area contributed by atoms with Gasteiger partial charge in [-0.05, 0) is 20.9 Å². The second-order valence-electron chi connectivity index (χ2n) is 3.59. The fourth-order valence-electron chi connectivity index (χ4n) is 1.72. The number of hydrogen-bond donors (Lipinski definition) is 1. The molecule has 1 aliphatic rings. The van der Waals surface area contributed by atoms with Gasteiger partial charge in [-0.3, -0.25) is 9.69 Å². The minimum absolute atomic E-state index is 0.0469. The Balaban J connectivity index is 2.75. The Bertz CT molecular complexity index is 196. The fraction of sp³-hybridized carbons (Fsp3) is 0.889. The van der Waals surface area contributed by atoms with Crippen LogP contribution in [0.5, 0.6) is 0 Å². The number of amides is 1. The number of carbonyl (C=O) groups excluding carboxylic acids is 1. The van der Waals surface area contributed by atoms with E-state index in [1.54, 1.807) is 4.90 Å². The number of hydrogen-bond acceptors (Lipinski definition) is 3. The van der Waals surface area contributed by atoms with E-state index >= 15 is 0 Å². The molecule has 2 unspecified atom stereocenters. The first kappa shape index (κ1) is 10.5. The van der Waals surface area contributed by atoms with Gasteiger partial charge in [-0.25, -0.2) is 0 Å².